The van der Waals surface area contributed by atoms with Crippen molar-refractivity contribution in [3.05, 3.63) is 57.6 Å². The Morgan fingerprint density at radius 2 is 1.70 bits per heavy atom. The second-order valence-corrected chi connectivity index (χ2v) is 9.39. The molecular weight excluding hydrogens is 407 g/mol. The van der Waals surface area contributed by atoms with E-state index >= 15 is 0 Å². The molecule has 3 rings (SSSR count). The van der Waals surface area contributed by atoms with E-state index in [0.717, 1.165) is 18.4 Å². The molecule has 2 aromatic carbocycles. The molecule has 0 saturated heterocycles. The number of hydrogen-bond acceptors (Lipinski definition) is 3. The fourth-order valence-electron chi connectivity index (χ4n) is 2.54. The number of hydrogen-bond donors (Lipinski definition) is 2. The monoisotopic (exact) mass is 426 g/mol. The Kier molecular flexibility index (Phi) is 5.82. The summed E-state index contributed by atoms with van der Waals surface area (Å²) >= 11 is 12.2. The second-order valence-electron chi connectivity index (χ2n) is 6.89. The summed E-state index contributed by atoms with van der Waals surface area (Å²) in [6, 6.07) is 9.87. The Morgan fingerprint density at radius 1 is 1.07 bits per heavy atom. The molecular formula is C19H20Cl2N2O3S. The van der Waals surface area contributed by atoms with Gasteiger partial charge in [0.2, 0.25) is 10.0 Å². The van der Waals surface area contributed by atoms with Crippen LogP contribution in [0.3, 0.4) is 0 Å². The molecule has 1 saturated carbocycles. The Labute approximate surface area is 169 Å². The molecule has 8 heteroatoms. The third-order valence-corrected chi connectivity index (χ3v) is 6.59. The van der Waals surface area contributed by atoms with Crippen LogP contribution in [0, 0.1) is 0 Å². The van der Waals surface area contributed by atoms with Gasteiger partial charge in [-0.1, -0.05) is 49.2 Å². The minimum absolute atomic E-state index is 0.0222. The smallest absolute Gasteiger partial charge is 0.257 e. The number of carbonyl (C=O) groups is 1. The van der Waals surface area contributed by atoms with E-state index in [1.54, 1.807) is 12.1 Å². The molecule has 0 aliphatic heterocycles. The van der Waals surface area contributed by atoms with E-state index in [2.05, 4.69) is 23.9 Å². The number of amides is 1. The third-order valence-electron chi connectivity index (χ3n) is 4.29. The Hall–Kier alpha value is -1.60. The molecule has 2 N–H and O–H groups in total. The molecule has 0 atom stereocenters. The predicted molar refractivity (Wildman–Crippen MR) is 108 cm³/mol. The van der Waals surface area contributed by atoms with Crippen molar-refractivity contribution in [3.8, 4) is 0 Å². The van der Waals surface area contributed by atoms with Crippen LogP contribution >= 0.6 is 23.2 Å². The zero-order valence-electron chi connectivity index (χ0n) is 14.9. The van der Waals surface area contributed by atoms with Crippen LogP contribution in [0.5, 0.6) is 0 Å². The van der Waals surface area contributed by atoms with E-state index in [1.165, 1.54) is 12.1 Å². The quantitative estimate of drug-likeness (QED) is 0.695. The normalized spacial score (nSPS) is 14.4. The van der Waals surface area contributed by atoms with Gasteiger partial charge in [0.25, 0.3) is 5.91 Å². The number of anilines is 1. The summed E-state index contributed by atoms with van der Waals surface area (Å²) in [5.41, 5.74) is 1.79. The zero-order valence-corrected chi connectivity index (χ0v) is 17.3. The van der Waals surface area contributed by atoms with E-state index in [4.69, 9.17) is 23.2 Å². The van der Waals surface area contributed by atoms with Crippen LogP contribution in [-0.2, 0) is 10.0 Å². The van der Waals surface area contributed by atoms with Crippen molar-refractivity contribution in [3.63, 3.8) is 0 Å². The van der Waals surface area contributed by atoms with Gasteiger partial charge in [-0.15, -0.1) is 0 Å². The Morgan fingerprint density at radius 3 is 2.26 bits per heavy atom. The summed E-state index contributed by atoms with van der Waals surface area (Å²) in [5.74, 6) is -0.121. The number of halogens is 2. The van der Waals surface area contributed by atoms with Gasteiger partial charge in [-0.25, -0.2) is 13.1 Å². The van der Waals surface area contributed by atoms with Crippen molar-refractivity contribution >= 4 is 44.8 Å². The molecule has 1 aliphatic rings. The van der Waals surface area contributed by atoms with E-state index in [1.807, 2.05) is 12.1 Å². The van der Waals surface area contributed by atoms with Crippen molar-refractivity contribution in [2.45, 2.75) is 43.5 Å². The number of rotatable bonds is 6. The van der Waals surface area contributed by atoms with Crippen molar-refractivity contribution < 1.29 is 13.2 Å². The highest BCUT2D eigenvalue weighted by molar-refractivity contribution is 7.89. The molecule has 0 spiro atoms. The van der Waals surface area contributed by atoms with Crippen molar-refractivity contribution in [1.29, 1.82) is 0 Å². The van der Waals surface area contributed by atoms with Gasteiger partial charge in [0.1, 0.15) is 4.90 Å². The van der Waals surface area contributed by atoms with Gasteiger partial charge in [0.15, 0.2) is 0 Å². The molecule has 0 radical (unpaired) electrons. The third kappa shape index (κ3) is 4.82. The van der Waals surface area contributed by atoms with Gasteiger partial charge in [-0.3, -0.25) is 4.79 Å². The molecule has 1 amide bonds. The Bertz CT molecular complexity index is 969. The van der Waals surface area contributed by atoms with E-state index < -0.39 is 15.9 Å². The molecule has 1 aliphatic carbocycles. The van der Waals surface area contributed by atoms with Crippen LogP contribution in [0.4, 0.5) is 5.69 Å². The minimum Gasteiger partial charge on any atom is -0.322 e. The topological polar surface area (TPSA) is 75.3 Å². The van der Waals surface area contributed by atoms with Crippen LogP contribution in [0.15, 0.2) is 41.3 Å². The average Bonchev–Trinajstić information content (AvgIpc) is 3.38. The standard InChI is InChI=1S/C19H20Cl2N2O3S/c1-11(2)12-3-5-13(6-4-12)22-19(24)15-9-18(17(21)10-16(15)20)27(25,26)23-14-7-8-14/h3-6,9-11,14,23H,7-8H2,1-2H3,(H,22,24). The van der Waals surface area contributed by atoms with Crippen LogP contribution < -0.4 is 10.0 Å². The predicted octanol–water partition coefficient (Wildman–Crippen LogP) is 4.81. The van der Waals surface area contributed by atoms with Crippen LogP contribution in [0.2, 0.25) is 10.0 Å². The number of nitrogens with one attached hydrogen (secondary N) is 2. The fourth-order valence-corrected chi connectivity index (χ4v) is 4.71. The average molecular weight is 427 g/mol. The first-order valence-electron chi connectivity index (χ1n) is 8.60. The highest BCUT2D eigenvalue weighted by Gasteiger charge is 2.30. The minimum atomic E-state index is -3.81. The van der Waals surface area contributed by atoms with Gasteiger partial charge in [-0.05, 0) is 48.6 Å². The summed E-state index contributed by atoms with van der Waals surface area (Å²) in [6.07, 6.45) is 1.59. The van der Waals surface area contributed by atoms with E-state index in [9.17, 15) is 13.2 Å². The van der Waals surface area contributed by atoms with Gasteiger partial charge in [0.05, 0.1) is 15.6 Å². The largest absolute Gasteiger partial charge is 0.322 e. The maximum absolute atomic E-state index is 12.6. The van der Waals surface area contributed by atoms with Gasteiger partial charge in [-0.2, -0.15) is 0 Å². The van der Waals surface area contributed by atoms with E-state index in [-0.39, 0.29) is 26.5 Å². The summed E-state index contributed by atoms with van der Waals surface area (Å²) in [7, 11) is -3.81. The highest BCUT2D eigenvalue weighted by Crippen LogP contribution is 2.31. The lowest BCUT2D eigenvalue weighted by Gasteiger charge is -2.12. The highest BCUT2D eigenvalue weighted by atomic mass is 35.5. The van der Waals surface area contributed by atoms with Crippen LogP contribution in [0.1, 0.15) is 48.5 Å². The molecule has 0 bridgehead atoms. The van der Waals surface area contributed by atoms with E-state index in [0.29, 0.717) is 11.6 Å². The van der Waals surface area contributed by atoms with Crippen molar-refractivity contribution in [2.24, 2.45) is 0 Å². The fraction of sp³-hybridized carbons (Fsp3) is 0.316. The van der Waals surface area contributed by atoms with Gasteiger partial charge in [0, 0.05) is 11.7 Å². The first kappa shape index (κ1) is 20.1. The molecule has 27 heavy (non-hydrogen) atoms. The first-order valence-corrected chi connectivity index (χ1v) is 10.8. The number of benzene rings is 2. The summed E-state index contributed by atoms with van der Waals surface area (Å²) < 4.78 is 27.5. The summed E-state index contributed by atoms with van der Waals surface area (Å²) in [6.45, 7) is 4.16. The van der Waals surface area contributed by atoms with Crippen LogP contribution in [-0.4, -0.2) is 20.4 Å². The van der Waals surface area contributed by atoms with Crippen molar-refractivity contribution in [1.82, 2.24) is 4.72 Å². The van der Waals surface area contributed by atoms with Crippen LogP contribution in [0.25, 0.3) is 0 Å². The maximum atomic E-state index is 12.6. The lowest BCUT2D eigenvalue weighted by atomic mass is 10.0. The summed E-state index contributed by atoms with van der Waals surface area (Å²) in [4.78, 5) is 12.5. The number of sulfonamides is 1. The van der Waals surface area contributed by atoms with Gasteiger partial charge < -0.3 is 5.32 Å². The van der Waals surface area contributed by atoms with Crippen molar-refractivity contribution in [2.75, 3.05) is 5.32 Å². The molecule has 144 valence electrons. The lowest BCUT2D eigenvalue weighted by molar-refractivity contribution is 0.102. The summed E-state index contributed by atoms with van der Waals surface area (Å²) in [5, 5.41) is 2.80. The zero-order chi connectivity index (χ0) is 19.8. The second kappa shape index (κ2) is 7.80. The Balaban J connectivity index is 1.86. The molecule has 5 nitrogen and oxygen atoms in total. The SMILES string of the molecule is CC(C)c1ccc(NC(=O)c2cc(S(=O)(=O)NC3CC3)c(Cl)cc2Cl)cc1. The van der Waals surface area contributed by atoms with Gasteiger partial charge >= 0.3 is 0 Å². The molecule has 0 aromatic heterocycles. The first-order chi connectivity index (χ1) is 12.7. The molecule has 0 heterocycles. The lowest BCUT2D eigenvalue weighted by Crippen LogP contribution is -2.26. The molecule has 1 fully saturated rings. The maximum Gasteiger partial charge on any atom is 0.257 e. The number of carbonyl (C=O) groups excluding carboxylic acids is 1. The molecule has 2 aromatic rings. The molecule has 0 unspecified atom stereocenters.